The first kappa shape index (κ1) is 9.12. The average molecular weight is 243 g/mol. The highest BCUT2D eigenvalue weighted by atomic mass is 79.9. The molecule has 1 aliphatic heterocycles. The zero-order valence-electron chi connectivity index (χ0n) is 7.16. The number of hydrogen-bond donors (Lipinski definition) is 1. The second-order valence-corrected chi connectivity index (χ2v) is 3.70. The summed E-state index contributed by atoms with van der Waals surface area (Å²) in [5.41, 5.74) is 1.12. The molecule has 1 unspecified atom stereocenters. The van der Waals surface area contributed by atoms with E-state index in [1.165, 1.54) is 0 Å². The highest BCUT2D eigenvalue weighted by molar-refractivity contribution is 9.10. The molecule has 0 amide bonds. The van der Waals surface area contributed by atoms with Gasteiger partial charge in [-0.3, -0.25) is 0 Å². The summed E-state index contributed by atoms with van der Waals surface area (Å²) in [7, 11) is 0. The second kappa shape index (κ2) is 4.17. The van der Waals surface area contributed by atoms with Gasteiger partial charge in [-0.25, -0.2) is 4.98 Å². The van der Waals surface area contributed by atoms with Crippen LogP contribution in [0.4, 0.5) is 0 Å². The van der Waals surface area contributed by atoms with Crippen molar-refractivity contribution in [1.29, 1.82) is 0 Å². The van der Waals surface area contributed by atoms with Gasteiger partial charge in [0.25, 0.3) is 0 Å². The summed E-state index contributed by atoms with van der Waals surface area (Å²) >= 11 is 3.41. The lowest BCUT2D eigenvalue weighted by Gasteiger charge is -2.24. The van der Waals surface area contributed by atoms with E-state index < -0.39 is 0 Å². The molecular formula is C9H11BrN2O. The van der Waals surface area contributed by atoms with Gasteiger partial charge in [-0.15, -0.1) is 0 Å². The Morgan fingerprint density at radius 3 is 3.23 bits per heavy atom. The number of halogens is 1. The second-order valence-electron chi connectivity index (χ2n) is 2.95. The van der Waals surface area contributed by atoms with Gasteiger partial charge in [0.2, 0.25) is 0 Å². The van der Waals surface area contributed by atoms with Gasteiger partial charge >= 0.3 is 0 Å². The lowest BCUT2D eigenvalue weighted by molar-refractivity contribution is 0.0270. The van der Waals surface area contributed by atoms with Crippen LogP contribution in [0.1, 0.15) is 11.7 Å². The average Bonchev–Trinajstić information content (AvgIpc) is 2.20. The third kappa shape index (κ3) is 2.07. The Hall–Kier alpha value is -0.450. The standard InChI is InChI=1S/C9H11BrN2O/c10-9-7(2-1-3-12-9)8-6-11-4-5-13-8/h1-3,8,11H,4-6H2. The SMILES string of the molecule is Brc1ncccc1C1CNCCO1. The fourth-order valence-electron chi connectivity index (χ4n) is 1.40. The van der Waals surface area contributed by atoms with E-state index in [9.17, 15) is 0 Å². The van der Waals surface area contributed by atoms with Gasteiger partial charge in [0.1, 0.15) is 4.60 Å². The lowest BCUT2D eigenvalue weighted by atomic mass is 10.1. The molecule has 0 radical (unpaired) electrons. The number of morpholine rings is 1. The number of rotatable bonds is 1. The van der Waals surface area contributed by atoms with Crippen molar-refractivity contribution in [3.63, 3.8) is 0 Å². The molecule has 2 rings (SSSR count). The topological polar surface area (TPSA) is 34.2 Å². The van der Waals surface area contributed by atoms with E-state index in [4.69, 9.17) is 4.74 Å². The molecule has 1 aromatic heterocycles. The van der Waals surface area contributed by atoms with Gasteiger partial charge in [0.15, 0.2) is 0 Å². The number of nitrogens with zero attached hydrogens (tertiary/aromatic N) is 1. The summed E-state index contributed by atoms with van der Waals surface area (Å²) in [6, 6.07) is 3.97. The lowest BCUT2D eigenvalue weighted by Crippen LogP contribution is -2.33. The molecule has 13 heavy (non-hydrogen) atoms. The molecule has 1 atom stereocenters. The summed E-state index contributed by atoms with van der Waals surface area (Å²) in [5, 5.41) is 3.29. The number of aromatic nitrogens is 1. The van der Waals surface area contributed by atoms with Crippen LogP contribution >= 0.6 is 15.9 Å². The maximum absolute atomic E-state index is 5.61. The molecule has 3 nitrogen and oxygen atoms in total. The molecule has 0 aliphatic carbocycles. The highest BCUT2D eigenvalue weighted by Gasteiger charge is 2.17. The monoisotopic (exact) mass is 242 g/mol. The third-order valence-electron chi connectivity index (χ3n) is 2.06. The van der Waals surface area contributed by atoms with E-state index in [1.54, 1.807) is 6.20 Å². The maximum Gasteiger partial charge on any atom is 0.111 e. The fraction of sp³-hybridized carbons (Fsp3) is 0.444. The molecule has 1 aromatic rings. The number of nitrogens with one attached hydrogen (secondary N) is 1. The van der Waals surface area contributed by atoms with E-state index in [-0.39, 0.29) is 6.10 Å². The first-order valence-corrected chi connectivity index (χ1v) is 5.10. The summed E-state index contributed by atoms with van der Waals surface area (Å²) in [5.74, 6) is 0. The molecule has 1 aliphatic rings. The van der Waals surface area contributed by atoms with Crippen molar-refractivity contribution >= 4 is 15.9 Å². The minimum Gasteiger partial charge on any atom is -0.371 e. The van der Waals surface area contributed by atoms with Crippen LogP contribution in [-0.2, 0) is 4.74 Å². The summed E-state index contributed by atoms with van der Waals surface area (Å²) in [4.78, 5) is 4.16. The molecule has 0 aromatic carbocycles. The third-order valence-corrected chi connectivity index (χ3v) is 2.73. The molecule has 1 N–H and O–H groups in total. The maximum atomic E-state index is 5.61. The zero-order chi connectivity index (χ0) is 9.10. The Morgan fingerprint density at radius 2 is 2.54 bits per heavy atom. The largest absolute Gasteiger partial charge is 0.371 e. The minimum absolute atomic E-state index is 0.136. The molecule has 0 saturated carbocycles. The number of hydrogen-bond acceptors (Lipinski definition) is 3. The van der Waals surface area contributed by atoms with Crippen molar-refractivity contribution in [2.24, 2.45) is 0 Å². The number of ether oxygens (including phenoxy) is 1. The highest BCUT2D eigenvalue weighted by Crippen LogP contribution is 2.24. The van der Waals surface area contributed by atoms with Crippen molar-refractivity contribution in [2.45, 2.75) is 6.10 Å². The van der Waals surface area contributed by atoms with Crippen LogP contribution in [0.15, 0.2) is 22.9 Å². The predicted molar refractivity (Wildman–Crippen MR) is 53.5 cm³/mol. The molecule has 2 heterocycles. The van der Waals surface area contributed by atoms with Gasteiger partial charge in [-0.2, -0.15) is 0 Å². The van der Waals surface area contributed by atoms with Crippen LogP contribution < -0.4 is 5.32 Å². The summed E-state index contributed by atoms with van der Waals surface area (Å²) in [6.45, 7) is 2.57. The Balaban J connectivity index is 2.18. The van der Waals surface area contributed by atoms with Crippen LogP contribution in [0.25, 0.3) is 0 Å². The van der Waals surface area contributed by atoms with Gasteiger partial charge in [0, 0.05) is 24.8 Å². The Bertz CT molecular complexity index is 287. The fourth-order valence-corrected chi connectivity index (χ4v) is 1.91. The van der Waals surface area contributed by atoms with Gasteiger partial charge in [0.05, 0.1) is 12.7 Å². The molecular weight excluding hydrogens is 232 g/mol. The van der Waals surface area contributed by atoms with E-state index in [0.29, 0.717) is 0 Å². The Kier molecular flexibility index (Phi) is 2.93. The van der Waals surface area contributed by atoms with Gasteiger partial charge < -0.3 is 10.1 Å². The normalized spacial score (nSPS) is 23.0. The minimum atomic E-state index is 0.136. The van der Waals surface area contributed by atoms with Crippen LogP contribution in [0.2, 0.25) is 0 Å². The Labute approximate surface area is 85.6 Å². The van der Waals surface area contributed by atoms with Crippen LogP contribution in [0.3, 0.4) is 0 Å². The van der Waals surface area contributed by atoms with Crippen LogP contribution in [0.5, 0.6) is 0 Å². The van der Waals surface area contributed by atoms with E-state index in [1.807, 2.05) is 12.1 Å². The Morgan fingerprint density at radius 1 is 1.62 bits per heavy atom. The first-order chi connectivity index (χ1) is 6.38. The van der Waals surface area contributed by atoms with Crippen molar-refractivity contribution < 1.29 is 4.74 Å². The molecule has 0 bridgehead atoms. The molecule has 70 valence electrons. The molecule has 1 saturated heterocycles. The van der Waals surface area contributed by atoms with E-state index in [2.05, 4.69) is 26.2 Å². The van der Waals surface area contributed by atoms with E-state index in [0.717, 1.165) is 29.9 Å². The summed E-state index contributed by atoms with van der Waals surface area (Å²) < 4.78 is 6.49. The predicted octanol–water partition coefficient (Wildman–Crippen LogP) is 1.50. The molecule has 0 spiro atoms. The quantitative estimate of drug-likeness (QED) is 0.759. The van der Waals surface area contributed by atoms with Gasteiger partial charge in [-0.05, 0) is 22.0 Å². The van der Waals surface area contributed by atoms with E-state index >= 15 is 0 Å². The van der Waals surface area contributed by atoms with Crippen molar-refractivity contribution in [3.8, 4) is 0 Å². The van der Waals surface area contributed by atoms with Crippen LogP contribution in [0, 0.1) is 0 Å². The number of pyridine rings is 1. The molecule has 1 fully saturated rings. The van der Waals surface area contributed by atoms with Crippen molar-refractivity contribution in [1.82, 2.24) is 10.3 Å². The van der Waals surface area contributed by atoms with Crippen molar-refractivity contribution in [2.75, 3.05) is 19.7 Å². The van der Waals surface area contributed by atoms with Crippen molar-refractivity contribution in [3.05, 3.63) is 28.5 Å². The zero-order valence-corrected chi connectivity index (χ0v) is 8.75. The smallest absolute Gasteiger partial charge is 0.111 e. The first-order valence-electron chi connectivity index (χ1n) is 4.30. The summed E-state index contributed by atoms with van der Waals surface area (Å²) in [6.07, 6.45) is 1.90. The van der Waals surface area contributed by atoms with Crippen LogP contribution in [-0.4, -0.2) is 24.7 Å². The van der Waals surface area contributed by atoms with Gasteiger partial charge in [-0.1, -0.05) is 6.07 Å². The molecule has 4 heteroatoms.